The Hall–Kier alpha value is -2.15. The van der Waals surface area contributed by atoms with Crippen molar-refractivity contribution in [3.63, 3.8) is 0 Å². The molecule has 2 rings (SSSR count). The van der Waals surface area contributed by atoms with E-state index in [4.69, 9.17) is 5.73 Å². The second-order valence-corrected chi connectivity index (χ2v) is 5.10. The number of nitrogens with zero attached hydrogens (tertiary/aromatic N) is 2. The number of nitrogens with two attached hydrogens (primary N) is 1. The van der Waals surface area contributed by atoms with Crippen molar-refractivity contribution < 1.29 is 4.92 Å². The summed E-state index contributed by atoms with van der Waals surface area (Å²) in [4.78, 5) is 14.8. The fourth-order valence-corrected chi connectivity index (χ4v) is 2.40. The molecule has 1 aromatic heterocycles. The van der Waals surface area contributed by atoms with Gasteiger partial charge in [-0.1, -0.05) is 6.07 Å². The van der Waals surface area contributed by atoms with E-state index in [1.54, 1.807) is 23.5 Å². The summed E-state index contributed by atoms with van der Waals surface area (Å²) in [7, 11) is 0. The van der Waals surface area contributed by atoms with Gasteiger partial charge in [-0.05, 0) is 19.1 Å². The largest absolute Gasteiger partial charge is 0.393 e. The van der Waals surface area contributed by atoms with Gasteiger partial charge in [0.15, 0.2) is 0 Å². The number of nitro benzene ring substituents is 1. The quantitative estimate of drug-likeness (QED) is 0.498. The van der Waals surface area contributed by atoms with Crippen LogP contribution in [0.25, 0.3) is 0 Å². The molecule has 0 aliphatic heterocycles. The number of thiazole rings is 1. The molecule has 2 aromatic rings. The standard InChI is InChI=1S/C12H14N4O2S/c1-8-15-9(7-19-8)5-6-14-11-4-2-3-10(13)12(11)16(17)18/h2-4,7,14H,5-6,13H2,1H3. The molecule has 0 aliphatic rings. The first-order chi connectivity index (χ1) is 9.08. The van der Waals surface area contributed by atoms with Crippen molar-refractivity contribution in [2.45, 2.75) is 13.3 Å². The minimum atomic E-state index is -0.468. The molecule has 0 radical (unpaired) electrons. The predicted molar refractivity (Wildman–Crippen MR) is 76.6 cm³/mol. The molecule has 3 N–H and O–H groups in total. The van der Waals surface area contributed by atoms with Crippen molar-refractivity contribution in [1.29, 1.82) is 0 Å². The van der Waals surface area contributed by atoms with Gasteiger partial charge in [-0.3, -0.25) is 10.1 Å². The topological polar surface area (TPSA) is 94.1 Å². The van der Waals surface area contributed by atoms with Gasteiger partial charge >= 0.3 is 5.69 Å². The summed E-state index contributed by atoms with van der Waals surface area (Å²) in [5.41, 5.74) is 7.14. The summed E-state index contributed by atoms with van der Waals surface area (Å²) in [6.45, 7) is 2.53. The lowest BCUT2D eigenvalue weighted by molar-refractivity contribution is -0.383. The van der Waals surface area contributed by atoms with Crippen LogP contribution in [-0.4, -0.2) is 16.5 Å². The van der Waals surface area contributed by atoms with Gasteiger partial charge in [-0.15, -0.1) is 11.3 Å². The van der Waals surface area contributed by atoms with E-state index in [1.165, 1.54) is 6.07 Å². The van der Waals surface area contributed by atoms with Crippen LogP contribution >= 0.6 is 11.3 Å². The van der Waals surface area contributed by atoms with E-state index in [0.29, 0.717) is 12.2 Å². The third-order valence-corrected chi connectivity index (χ3v) is 3.44. The van der Waals surface area contributed by atoms with E-state index in [2.05, 4.69) is 10.3 Å². The van der Waals surface area contributed by atoms with Gasteiger partial charge in [0.2, 0.25) is 0 Å². The number of aromatic nitrogens is 1. The highest BCUT2D eigenvalue weighted by Gasteiger charge is 2.17. The van der Waals surface area contributed by atoms with Gasteiger partial charge < -0.3 is 11.1 Å². The number of nitrogen functional groups attached to an aromatic ring is 1. The maximum atomic E-state index is 11.0. The van der Waals surface area contributed by atoms with Gasteiger partial charge in [0.05, 0.1) is 15.6 Å². The van der Waals surface area contributed by atoms with E-state index < -0.39 is 4.92 Å². The first-order valence-corrected chi connectivity index (χ1v) is 6.63. The van der Waals surface area contributed by atoms with Crippen LogP contribution < -0.4 is 11.1 Å². The minimum absolute atomic E-state index is 0.0723. The lowest BCUT2D eigenvalue weighted by Gasteiger charge is -2.07. The van der Waals surface area contributed by atoms with E-state index in [0.717, 1.165) is 17.1 Å². The molecule has 1 aromatic carbocycles. The van der Waals surface area contributed by atoms with Crippen LogP contribution in [0.1, 0.15) is 10.7 Å². The van der Waals surface area contributed by atoms with Gasteiger partial charge in [0.25, 0.3) is 0 Å². The molecular weight excluding hydrogens is 264 g/mol. The third-order valence-electron chi connectivity index (χ3n) is 2.61. The monoisotopic (exact) mass is 278 g/mol. The summed E-state index contributed by atoms with van der Waals surface area (Å²) in [5, 5.41) is 17.0. The number of hydrogen-bond acceptors (Lipinski definition) is 6. The molecule has 0 bridgehead atoms. The fraction of sp³-hybridized carbons (Fsp3) is 0.250. The molecule has 0 aliphatic carbocycles. The molecule has 0 spiro atoms. The van der Waals surface area contributed by atoms with Crippen LogP contribution in [0.5, 0.6) is 0 Å². The maximum absolute atomic E-state index is 11.0. The Morgan fingerprint density at radius 2 is 2.32 bits per heavy atom. The Morgan fingerprint density at radius 3 is 2.95 bits per heavy atom. The first-order valence-electron chi connectivity index (χ1n) is 5.75. The first kappa shape index (κ1) is 13.3. The van der Waals surface area contributed by atoms with Crippen LogP contribution in [0.4, 0.5) is 17.1 Å². The van der Waals surface area contributed by atoms with E-state index >= 15 is 0 Å². The van der Waals surface area contributed by atoms with E-state index in [1.807, 2.05) is 12.3 Å². The zero-order valence-electron chi connectivity index (χ0n) is 10.4. The molecule has 0 fully saturated rings. The Kier molecular flexibility index (Phi) is 3.96. The van der Waals surface area contributed by atoms with Crippen LogP contribution in [0.2, 0.25) is 0 Å². The highest BCUT2D eigenvalue weighted by molar-refractivity contribution is 7.09. The molecular formula is C12H14N4O2S. The van der Waals surface area contributed by atoms with Crippen molar-refractivity contribution in [1.82, 2.24) is 4.98 Å². The normalized spacial score (nSPS) is 10.4. The number of nitro groups is 1. The number of para-hydroxylation sites is 1. The Labute approximate surface area is 114 Å². The lowest BCUT2D eigenvalue weighted by Crippen LogP contribution is -2.08. The molecule has 0 amide bonds. The number of benzene rings is 1. The van der Waals surface area contributed by atoms with Gasteiger partial charge in [0, 0.05) is 18.3 Å². The molecule has 100 valence electrons. The average molecular weight is 278 g/mol. The molecule has 0 atom stereocenters. The van der Waals surface area contributed by atoms with E-state index in [9.17, 15) is 10.1 Å². The molecule has 0 saturated heterocycles. The summed E-state index contributed by atoms with van der Waals surface area (Å²) in [6, 6.07) is 4.87. The highest BCUT2D eigenvalue weighted by atomic mass is 32.1. The summed E-state index contributed by atoms with van der Waals surface area (Å²) >= 11 is 1.59. The number of anilines is 2. The van der Waals surface area contributed by atoms with Crippen molar-refractivity contribution in [2.24, 2.45) is 0 Å². The number of hydrogen-bond donors (Lipinski definition) is 2. The van der Waals surface area contributed by atoms with Crippen molar-refractivity contribution >= 4 is 28.4 Å². The van der Waals surface area contributed by atoms with Crippen molar-refractivity contribution in [3.05, 3.63) is 44.4 Å². The van der Waals surface area contributed by atoms with E-state index in [-0.39, 0.29) is 11.4 Å². The number of rotatable bonds is 5. The summed E-state index contributed by atoms with van der Waals surface area (Å²) in [6.07, 6.45) is 0.719. The summed E-state index contributed by atoms with van der Waals surface area (Å²) < 4.78 is 0. The third kappa shape index (κ3) is 3.19. The van der Waals surface area contributed by atoms with Gasteiger partial charge in [-0.25, -0.2) is 4.98 Å². The SMILES string of the molecule is Cc1nc(CCNc2cccc(N)c2[N+](=O)[O-])cs1. The number of aryl methyl sites for hydroxylation is 1. The Morgan fingerprint density at radius 1 is 1.53 bits per heavy atom. The van der Waals surface area contributed by atoms with Crippen LogP contribution in [0.3, 0.4) is 0 Å². The van der Waals surface area contributed by atoms with Crippen LogP contribution in [-0.2, 0) is 6.42 Å². The second-order valence-electron chi connectivity index (χ2n) is 4.04. The van der Waals surface area contributed by atoms with Crippen LogP contribution in [0, 0.1) is 17.0 Å². The Balaban J connectivity index is 2.03. The lowest BCUT2D eigenvalue weighted by atomic mass is 10.2. The molecule has 0 unspecified atom stereocenters. The fourth-order valence-electron chi connectivity index (χ4n) is 1.76. The molecule has 0 saturated carbocycles. The second kappa shape index (κ2) is 5.66. The maximum Gasteiger partial charge on any atom is 0.314 e. The highest BCUT2D eigenvalue weighted by Crippen LogP contribution is 2.30. The Bertz CT molecular complexity index is 597. The van der Waals surface area contributed by atoms with Crippen molar-refractivity contribution in [3.8, 4) is 0 Å². The average Bonchev–Trinajstić information content (AvgIpc) is 2.74. The van der Waals surface area contributed by atoms with Gasteiger partial charge in [0.1, 0.15) is 11.4 Å². The zero-order chi connectivity index (χ0) is 13.8. The van der Waals surface area contributed by atoms with Crippen molar-refractivity contribution in [2.75, 3.05) is 17.6 Å². The number of nitrogens with one attached hydrogen (secondary N) is 1. The minimum Gasteiger partial charge on any atom is -0.393 e. The zero-order valence-corrected chi connectivity index (χ0v) is 11.2. The molecule has 7 heteroatoms. The molecule has 1 heterocycles. The van der Waals surface area contributed by atoms with Crippen LogP contribution in [0.15, 0.2) is 23.6 Å². The predicted octanol–water partition coefficient (Wildman–Crippen LogP) is 2.60. The molecule has 6 nitrogen and oxygen atoms in total. The van der Waals surface area contributed by atoms with Gasteiger partial charge in [-0.2, -0.15) is 0 Å². The summed E-state index contributed by atoms with van der Waals surface area (Å²) in [5.74, 6) is 0. The molecule has 19 heavy (non-hydrogen) atoms. The smallest absolute Gasteiger partial charge is 0.314 e.